The third-order valence-corrected chi connectivity index (χ3v) is 4.32. The number of carbonyl (C=O) groups is 1. The van der Waals surface area contributed by atoms with Crippen molar-refractivity contribution in [3.05, 3.63) is 38.2 Å². The summed E-state index contributed by atoms with van der Waals surface area (Å²) in [6.07, 6.45) is 1.29. The van der Waals surface area contributed by atoms with Gasteiger partial charge in [-0.25, -0.2) is 4.98 Å². The number of aromatic nitrogens is 4. The Morgan fingerprint density at radius 2 is 2.15 bits per heavy atom. The maximum absolute atomic E-state index is 12.3. The van der Waals surface area contributed by atoms with Crippen LogP contribution in [0.15, 0.2) is 16.4 Å². The van der Waals surface area contributed by atoms with Crippen LogP contribution in [0.1, 0.15) is 21.1 Å². The van der Waals surface area contributed by atoms with Crippen molar-refractivity contribution >= 4 is 38.7 Å². The molecule has 0 saturated carbocycles. The maximum Gasteiger partial charge on any atom is 0.271 e. The van der Waals surface area contributed by atoms with Gasteiger partial charge in [-0.2, -0.15) is 0 Å². The first kappa shape index (κ1) is 12.9. The van der Waals surface area contributed by atoms with Gasteiger partial charge in [-0.1, -0.05) is 11.3 Å². The van der Waals surface area contributed by atoms with Crippen molar-refractivity contribution in [1.29, 1.82) is 0 Å². The van der Waals surface area contributed by atoms with Crippen molar-refractivity contribution in [1.82, 2.24) is 19.6 Å². The van der Waals surface area contributed by atoms with Crippen LogP contribution >= 0.6 is 22.7 Å². The number of amides is 1. The summed E-state index contributed by atoms with van der Waals surface area (Å²) in [5, 5.41) is 13.1. The SMILES string of the molecule is Cc1nnc(NC(=O)c2cnc3scc(C)n3c2=O)s1. The molecule has 0 radical (unpaired) electrons. The van der Waals surface area contributed by atoms with E-state index in [2.05, 4.69) is 20.5 Å². The van der Waals surface area contributed by atoms with Crippen LogP contribution < -0.4 is 10.9 Å². The number of nitrogens with zero attached hydrogens (tertiary/aromatic N) is 4. The predicted molar refractivity (Wildman–Crippen MR) is 76.7 cm³/mol. The molecule has 0 spiro atoms. The van der Waals surface area contributed by atoms with Gasteiger partial charge in [0, 0.05) is 17.3 Å². The van der Waals surface area contributed by atoms with Crippen LogP contribution in [0.2, 0.25) is 0 Å². The van der Waals surface area contributed by atoms with Crippen LogP contribution in [0.25, 0.3) is 4.96 Å². The molecule has 9 heteroatoms. The minimum Gasteiger partial charge on any atom is -0.296 e. The molecule has 0 bridgehead atoms. The lowest BCUT2D eigenvalue weighted by Crippen LogP contribution is -2.26. The second-order valence-electron chi connectivity index (χ2n) is 4.05. The molecule has 3 heterocycles. The predicted octanol–water partition coefficient (Wildman–Crippen LogP) is 1.48. The van der Waals surface area contributed by atoms with Gasteiger partial charge in [-0.3, -0.25) is 19.3 Å². The van der Waals surface area contributed by atoms with Crippen LogP contribution in [-0.2, 0) is 0 Å². The van der Waals surface area contributed by atoms with Gasteiger partial charge in [0.25, 0.3) is 11.5 Å². The maximum atomic E-state index is 12.3. The molecule has 0 unspecified atom stereocenters. The van der Waals surface area contributed by atoms with Gasteiger partial charge >= 0.3 is 0 Å². The summed E-state index contributed by atoms with van der Waals surface area (Å²) in [7, 11) is 0. The Labute approximate surface area is 120 Å². The smallest absolute Gasteiger partial charge is 0.271 e. The highest BCUT2D eigenvalue weighted by molar-refractivity contribution is 7.15. The zero-order valence-corrected chi connectivity index (χ0v) is 12.2. The van der Waals surface area contributed by atoms with E-state index in [1.165, 1.54) is 33.3 Å². The topological polar surface area (TPSA) is 89.2 Å². The van der Waals surface area contributed by atoms with Crippen molar-refractivity contribution in [2.75, 3.05) is 5.32 Å². The number of thiazole rings is 1. The molecule has 1 amide bonds. The van der Waals surface area contributed by atoms with Gasteiger partial charge < -0.3 is 0 Å². The minimum atomic E-state index is -0.529. The Kier molecular flexibility index (Phi) is 3.07. The molecule has 3 aromatic rings. The van der Waals surface area contributed by atoms with E-state index in [9.17, 15) is 9.59 Å². The standard InChI is InChI=1S/C11H9N5O2S2/c1-5-4-19-11-12-3-7(9(18)16(5)11)8(17)13-10-15-14-6(2)20-10/h3-4H,1-2H3,(H,13,15,17). The number of aryl methyl sites for hydroxylation is 2. The van der Waals surface area contributed by atoms with Gasteiger partial charge in [0.2, 0.25) is 5.13 Å². The van der Waals surface area contributed by atoms with Crippen molar-refractivity contribution in [2.45, 2.75) is 13.8 Å². The molecule has 0 aliphatic carbocycles. The lowest BCUT2D eigenvalue weighted by atomic mass is 10.3. The number of anilines is 1. The van der Waals surface area contributed by atoms with Gasteiger partial charge in [-0.05, 0) is 13.8 Å². The number of fused-ring (bicyclic) bond motifs is 1. The molecule has 0 aliphatic heterocycles. The highest BCUT2D eigenvalue weighted by Crippen LogP contribution is 2.15. The molecule has 1 N–H and O–H groups in total. The molecular formula is C11H9N5O2S2. The third kappa shape index (κ3) is 2.10. The van der Waals surface area contributed by atoms with Crippen molar-refractivity contribution < 1.29 is 4.79 Å². The van der Waals surface area contributed by atoms with E-state index in [4.69, 9.17) is 0 Å². The van der Waals surface area contributed by atoms with E-state index in [1.807, 2.05) is 5.38 Å². The number of nitrogens with one attached hydrogen (secondary N) is 1. The minimum absolute atomic E-state index is 0.0168. The summed E-state index contributed by atoms with van der Waals surface area (Å²) in [5.74, 6) is -0.529. The number of hydrogen-bond donors (Lipinski definition) is 1. The summed E-state index contributed by atoms with van der Waals surface area (Å²) in [5.41, 5.74) is 0.355. The summed E-state index contributed by atoms with van der Waals surface area (Å²) < 4.78 is 1.42. The van der Waals surface area contributed by atoms with Crippen LogP contribution in [0.3, 0.4) is 0 Å². The van der Waals surface area contributed by atoms with E-state index >= 15 is 0 Å². The van der Waals surface area contributed by atoms with Crippen molar-refractivity contribution in [3.8, 4) is 0 Å². The highest BCUT2D eigenvalue weighted by atomic mass is 32.1. The van der Waals surface area contributed by atoms with E-state index in [1.54, 1.807) is 13.8 Å². The quantitative estimate of drug-likeness (QED) is 0.774. The van der Waals surface area contributed by atoms with Crippen LogP contribution in [0.4, 0.5) is 5.13 Å². The first-order chi connectivity index (χ1) is 9.56. The first-order valence-electron chi connectivity index (χ1n) is 5.63. The summed E-state index contributed by atoms with van der Waals surface area (Å²) in [6, 6.07) is 0. The Bertz CT molecular complexity index is 863. The number of carbonyl (C=O) groups excluding carboxylic acids is 1. The Morgan fingerprint density at radius 3 is 2.85 bits per heavy atom. The Hall–Kier alpha value is -2.13. The monoisotopic (exact) mass is 307 g/mol. The summed E-state index contributed by atoms with van der Waals surface area (Å²) in [4.78, 5) is 29.1. The molecule has 0 aromatic carbocycles. The Morgan fingerprint density at radius 1 is 1.35 bits per heavy atom. The van der Waals surface area contributed by atoms with Crippen molar-refractivity contribution in [2.24, 2.45) is 0 Å². The first-order valence-corrected chi connectivity index (χ1v) is 7.33. The van der Waals surface area contributed by atoms with Crippen LogP contribution in [0, 0.1) is 13.8 Å². The molecule has 0 atom stereocenters. The normalized spacial score (nSPS) is 10.9. The molecule has 0 fully saturated rings. The second-order valence-corrected chi connectivity index (χ2v) is 6.07. The van der Waals surface area contributed by atoms with Crippen LogP contribution in [0.5, 0.6) is 0 Å². The van der Waals surface area contributed by atoms with E-state index < -0.39 is 5.91 Å². The third-order valence-electron chi connectivity index (χ3n) is 2.61. The van der Waals surface area contributed by atoms with Gasteiger partial charge in [0.15, 0.2) is 4.96 Å². The second kappa shape index (κ2) is 4.76. The molecule has 3 rings (SSSR count). The highest BCUT2D eigenvalue weighted by Gasteiger charge is 2.16. The number of hydrogen-bond acceptors (Lipinski definition) is 7. The fraction of sp³-hybridized carbons (Fsp3) is 0.182. The van der Waals surface area contributed by atoms with E-state index in [-0.39, 0.29) is 11.1 Å². The lowest BCUT2D eigenvalue weighted by Gasteiger charge is -2.01. The van der Waals surface area contributed by atoms with Gasteiger partial charge in [0.1, 0.15) is 10.6 Å². The fourth-order valence-electron chi connectivity index (χ4n) is 1.69. The zero-order valence-electron chi connectivity index (χ0n) is 10.6. The molecule has 0 saturated heterocycles. The van der Waals surface area contributed by atoms with E-state index in [0.717, 1.165) is 10.7 Å². The molecule has 0 aliphatic rings. The summed E-state index contributed by atoms with van der Waals surface area (Å²) in [6.45, 7) is 3.58. The molecule has 102 valence electrons. The van der Waals surface area contributed by atoms with Crippen LogP contribution in [-0.4, -0.2) is 25.5 Å². The molecule has 3 aromatic heterocycles. The summed E-state index contributed by atoms with van der Waals surface area (Å²) >= 11 is 2.60. The Balaban J connectivity index is 2.01. The average Bonchev–Trinajstić information content (AvgIpc) is 2.97. The molecule has 7 nitrogen and oxygen atoms in total. The van der Waals surface area contributed by atoms with Gasteiger partial charge in [0.05, 0.1) is 0 Å². The number of rotatable bonds is 2. The largest absolute Gasteiger partial charge is 0.296 e. The molecule has 20 heavy (non-hydrogen) atoms. The van der Waals surface area contributed by atoms with Gasteiger partial charge in [-0.15, -0.1) is 21.5 Å². The van der Waals surface area contributed by atoms with Crippen molar-refractivity contribution in [3.63, 3.8) is 0 Å². The fourth-order valence-corrected chi connectivity index (χ4v) is 3.11. The average molecular weight is 307 g/mol. The zero-order chi connectivity index (χ0) is 14.3. The van der Waals surface area contributed by atoms with E-state index in [0.29, 0.717) is 10.1 Å². The molecular weight excluding hydrogens is 298 g/mol. The lowest BCUT2D eigenvalue weighted by molar-refractivity contribution is 0.102.